The third-order valence-corrected chi connectivity index (χ3v) is 5.45. The van der Waals surface area contributed by atoms with E-state index in [2.05, 4.69) is 34.1 Å². The summed E-state index contributed by atoms with van der Waals surface area (Å²) in [6.07, 6.45) is 0.292. The highest BCUT2D eigenvalue weighted by Gasteiger charge is 2.23. The Morgan fingerprint density at radius 3 is 2.48 bits per heavy atom. The zero-order chi connectivity index (χ0) is 20.2. The Labute approximate surface area is 172 Å². The fourth-order valence-electron chi connectivity index (χ4n) is 3.75. The predicted molar refractivity (Wildman–Crippen MR) is 113 cm³/mol. The van der Waals surface area contributed by atoms with E-state index >= 15 is 0 Å². The summed E-state index contributed by atoms with van der Waals surface area (Å²) in [5.41, 5.74) is 4.15. The maximum absolute atomic E-state index is 12.8. The Morgan fingerprint density at radius 2 is 1.76 bits per heavy atom. The highest BCUT2D eigenvalue weighted by atomic mass is 16.4. The van der Waals surface area contributed by atoms with Crippen molar-refractivity contribution < 1.29 is 9.21 Å². The van der Waals surface area contributed by atoms with Gasteiger partial charge >= 0.3 is 0 Å². The van der Waals surface area contributed by atoms with E-state index in [-0.39, 0.29) is 5.91 Å². The van der Waals surface area contributed by atoms with Gasteiger partial charge in [0.15, 0.2) is 0 Å². The number of rotatable bonds is 5. The van der Waals surface area contributed by atoms with Crippen LogP contribution in [0.25, 0.3) is 11.5 Å². The van der Waals surface area contributed by atoms with Crippen molar-refractivity contribution in [1.82, 2.24) is 14.8 Å². The lowest BCUT2D eigenvalue weighted by atomic mass is 10.1. The van der Waals surface area contributed by atoms with E-state index in [9.17, 15) is 4.79 Å². The van der Waals surface area contributed by atoms with Crippen molar-refractivity contribution in [3.63, 3.8) is 0 Å². The molecule has 0 unspecified atom stereocenters. The van der Waals surface area contributed by atoms with Crippen molar-refractivity contribution >= 4 is 5.91 Å². The molecule has 5 nitrogen and oxygen atoms in total. The number of benzene rings is 2. The molecule has 0 atom stereocenters. The maximum Gasteiger partial charge on any atom is 0.228 e. The molecule has 29 heavy (non-hydrogen) atoms. The van der Waals surface area contributed by atoms with Crippen LogP contribution in [0.3, 0.4) is 0 Å². The van der Waals surface area contributed by atoms with Gasteiger partial charge in [-0.15, -0.1) is 0 Å². The second-order valence-electron chi connectivity index (χ2n) is 7.71. The molecule has 1 aliphatic heterocycles. The van der Waals surface area contributed by atoms with Crippen molar-refractivity contribution in [2.45, 2.75) is 26.8 Å². The molecular weight excluding hydrogens is 362 g/mol. The normalized spacial score (nSPS) is 14.9. The summed E-state index contributed by atoms with van der Waals surface area (Å²) in [6, 6.07) is 18.5. The van der Waals surface area contributed by atoms with Gasteiger partial charge in [0.25, 0.3) is 0 Å². The first kappa shape index (κ1) is 19.4. The quantitative estimate of drug-likeness (QED) is 0.665. The number of carbonyl (C=O) groups excluding carboxylic acids is 1. The molecule has 1 amide bonds. The summed E-state index contributed by atoms with van der Waals surface area (Å²) in [4.78, 5) is 21.8. The lowest BCUT2D eigenvalue weighted by Crippen LogP contribution is -2.48. The van der Waals surface area contributed by atoms with E-state index in [1.165, 1.54) is 5.56 Å². The minimum atomic E-state index is 0.122. The molecule has 4 rings (SSSR count). The molecule has 150 valence electrons. The largest absolute Gasteiger partial charge is 0.441 e. The van der Waals surface area contributed by atoms with E-state index < -0.39 is 0 Å². The molecule has 2 heterocycles. The Bertz CT molecular complexity index is 973. The number of hydrogen-bond acceptors (Lipinski definition) is 4. The number of aryl methyl sites for hydroxylation is 2. The van der Waals surface area contributed by atoms with Gasteiger partial charge in [0.05, 0.1) is 12.1 Å². The smallest absolute Gasteiger partial charge is 0.228 e. The maximum atomic E-state index is 12.8. The minimum absolute atomic E-state index is 0.122. The summed E-state index contributed by atoms with van der Waals surface area (Å²) < 4.78 is 5.84. The monoisotopic (exact) mass is 389 g/mol. The summed E-state index contributed by atoms with van der Waals surface area (Å²) >= 11 is 0. The molecule has 1 aromatic heterocycles. The van der Waals surface area contributed by atoms with E-state index in [0.717, 1.165) is 55.3 Å². The standard InChI is InChI=1S/C24H27N3O2/c1-18-7-6-10-21(15-18)24-25-22(19(2)29-24)16-23(28)27-13-11-26(12-14-27)17-20-8-4-3-5-9-20/h3-10,15H,11-14,16-17H2,1-2H3. The second kappa shape index (κ2) is 8.62. The Balaban J connectivity index is 1.34. The van der Waals surface area contributed by atoms with E-state index in [1.54, 1.807) is 0 Å². The molecule has 1 fully saturated rings. The van der Waals surface area contributed by atoms with Gasteiger partial charge in [-0.3, -0.25) is 9.69 Å². The molecule has 0 aliphatic carbocycles. The molecule has 5 heteroatoms. The van der Waals surface area contributed by atoms with Crippen molar-refractivity contribution in [1.29, 1.82) is 0 Å². The van der Waals surface area contributed by atoms with E-state index in [4.69, 9.17) is 4.42 Å². The summed E-state index contributed by atoms with van der Waals surface area (Å²) in [6.45, 7) is 8.17. The van der Waals surface area contributed by atoms with Gasteiger partial charge in [-0.05, 0) is 31.5 Å². The number of aromatic nitrogens is 1. The van der Waals surface area contributed by atoms with Gasteiger partial charge in [0, 0.05) is 38.3 Å². The first-order chi connectivity index (χ1) is 14.1. The van der Waals surface area contributed by atoms with Gasteiger partial charge in [-0.25, -0.2) is 4.98 Å². The molecule has 1 saturated heterocycles. The first-order valence-electron chi connectivity index (χ1n) is 10.2. The number of carbonyl (C=O) groups is 1. The average Bonchev–Trinajstić information content (AvgIpc) is 3.10. The van der Waals surface area contributed by atoms with Crippen LogP contribution in [0.2, 0.25) is 0 Å². The van der Waals surface area contributed by atoms with Gasteiger partial charge in [-0.2, -0.15) is 0 Å². The molecule has 3 aromatic rings. The summed E-state index contributed by atoms with van der Waals surface area (Å²) in [5, 5.41) is 0. The zero-order valence-electron chi connectivity index (χ0n) is 17.1. The Kier molecular flexibility index (Phi) is 5.76. The minimum Gasteiger partial charge on any atom is -0.441 e. The number of nitrogens with zero attached hydrogens (tertiary/aromatic N) is 3. The number of piperazine rings is 1. The van der Waals surface area contributed by atoms with Gasteiger partial charge < -0.3 is 9.32 Å². The van der Waals surface area contributed by atoms with Crippen LogP contribution >= 0.6 is 0 Å². The predicted octanol–water partition coefficient (Wildman–Crippen LogP) is 3.85. The van der Waals surface area contributed by atoms with Crippen LogP contribution in [0.1, 0.15) is 22.6 Å². The van der Waals surface area contributed by atoms with Crippen LogP contribution in [-0.4, -0.2) is 46.9 Å². The number of oxazole rings is 1. The lowest BCUT2D eigenvalue weighted by molar-refractivity contribution is -0.132. The SMILES string of the molecule is Cc1cccc(-c2nc(CC(=O)N3CCN(Cc4ccccc4)CC3)c(C)o2)c1. The highest BCUT2D eigenvalue weighted by molar-refractivity contribution is 5.78. The van der Waals surface area contributed by atoms with Crippen LogP contribution in [0.5, 0.6) is 0 Å². The Hall–Kier alpha value is -2.92. The molecular formula is C24H27N3O2. The van der Waals surface area contributed by atoms with Crippen LogP contribution in [0.4, 0.5) is 0 Å². The van der Waals surface area contributed by atoms with Crippen LogP contribution < -0.4 is 0 Å². The number of hydrogen-bond donors (Lipinski definition) is 0. The van der Waals surface area contributed by atoms with E-state index in [0.29, 0.717) is 12.3 Å². The fourth-order valence-corrected chi connectivity index (χ4v) is 3.75. The van der Waals surface area contributed by atoms with Gasteiger partial charge in [0.1, 0.15) is 5.76 Å². The topological polar surface area (TPSA) is 49.6 Å². The van der Waals surface area contributed by atoms with Crippen LogP contribution in [0, 0.1) is 13.8 Å². The van der Waals surface area contributed by atoms with Crippen molar-refractivity contribution in [3.05, 3.63) is 77.2 Å². The van der Waals surface area contributed by atoms with Gasteiger partial charge in [0.2, 0.25) is 11.8 Å². The van der Waals surface area contributed by atoms with E-state index in [1.807, 2.05) is 49.1 Å². The zero-order valence-corrected chi connectivity index (χ0v) is 17.1. The average molecular weight is 389 g/mol. The van der Waals surface area contributed by atoms with Gasteiger partial charge in [-0.1, -0.05) is 48.0 Å². The van der Waals surface area contributed by atoms with Crippen molar-refractivity contribution in [3.8, 4) is 11.5 Å². The molecule has 0 saturated carbocycles. The molecule has 0 spiro atoms. The number of amides is 1. The van der Waals surface area contributed by atoms with Crippen molar-refractivity contribution in [2.24, 2.45) is 0 Å². The molecule has 2 aromatic carbocycles. The summed E-state index contributed by atoms with van der Waals surface area (Å²) in [5.74, 6) is 1.43. The Morgan fingerprint density at radius 1 is 1.00 bits per heavy atom. The second-order valence-corrected chi connectivity index (χ2v) is 7.71. The van der Waals surface area contributed by atoms with Crippen LogP contribution in [-0.2, 0) is 17.8 Å². The molecule has 1 aliphatic rings. The third-order valence-electron chi connectivity index (χ3n) is 5.45. The highest BCUT2D eigenvalue weighted by Crippen LogP contribution is 2.23. The lowest BCUT2D eigenvalue weighted by Gasteiger charge is -2.34. The molecule has 0 N–H and O–H groups in total. The summed E-state index contributed by atoms with van der Waals surface area (Å²) in [7, 11) is 0. The molecule has 0 bridgehead atoms. The fraction of sp³-hybridized carbons (Fsp3) is 0.333. The third kappa shape index (κ3) is 4.74. The molecule has 0 radical (unpaired) electrons. The van der Waals surface area contributed by atoms with Crippen LogP contribution in [0.15, 0.2) is 59.0 Å². The first-order valence-corrected chi connectivity index (χ1v) is 10.2. The van der Waals surface area contributed by atoms with Crippen molar-refractivity contribution in [2.75, 3.05) is 26.2 Å².